The molecule has 1 N–H and O–H groups in total. The first kappa shape index (κ1) is 18.7. The van der Waals surface area contributed by atoms with Crippen molar-refractivity contribution in [3.8, 4) is 17.1 Å². The molecule has 5 heteroatoms. The summed E-state index contributed by atoms with van der Waals surface area (Å²) in [6.45, 7) is 3.73. The van der Waals surface area contributed by atoms with Gasteiger partial charge in [-0.05, 0) is 37.3 Å². The molecule has 0 saturated heterocycles. The van der Waals surface area contributed by atoms with E-state index >= 15 is 0 Å². The number of aliphatic hydroxyl groups is 1. The third kappa shape index (κ3) is 4.25. The summed E-state index contributed by atoms with van der Waals surface area (Å²) in [5, 5.41) is 9.40. The number of hydrogen-bond acceptors (Lipinski definition) is 4. The normalized spacial score (nSPS) is 16.0. The van der Waals surface area contributed by atoms with Crippen LogP contribution in [0.5, 0.6) is 5.88 Å². The lowest BCUT2D eigenvalue weighted by Crippen LogP contribution is -2.22. The standard InChI is InChI=1S/C23H27N3O2/c1-2-28-23-12-8-18(13-24-23)4-3-17-5-9-20(10-6-17)21-15-26-14-19(16-27)7-11-22(26)25-21/h5-6,8-10,12-13,15,19,27H,2-4,7,11,14,16H2,1H3. The zero-order valence-corrected chi connectivity index (χ0v) is 16.3. The molecule has 3 heterocycles. The highest BCUT2D eigenvalue weighted by Crippen LogP contribution is 2.25. The highest BCUT2D eigenvalue weighted by molar-refractivity contribution is 5.59. The van der Waals surface area contributed by atoms with Gasteiger partial charge in [0.2, 0.25) is 5.88 Å². The van der Waals surface area contributed by atoms with E-state index in [9.17, 15) is 5.11 Å². The van der Waals surface area contributed by atoms with Crippen molar-refractivity contribution in [1.82, 2.24) is 14.5 Å². The molecule has 2 aromatic heterocycles. The number of ether oxygens (including phenoxy) is 1. The first-order chi connectivity index (χ1) is 13.7. The van der Waals surface area contributed by atoms with E-state index < -0.39 is 0 Å². The molecule has 0 amide bonds. The van der Waals surface area contributed by atoms with Gasteiger partial charge >= 0.3 is 0 Å². The van der Waals surface area contributed by atoms with Crippen LogP contribution < -0.4 is 4.74 Å². The number of nitrogens with zero attached hydrogens (tertiary/aromatic N) is 3. The van der Waals surface area contributed by atoms with Crippen molar-refractivity contribution >= 4 is 0 Å². The number of aromatic nitrogens is 3. The van der Waals surface area contributed by atoms with E-state index in [-0.39, 0.29) is 6.61 Å². The van der Waals surface area contributed by atoms with E-state index in [2.05, 4.69) is 46.1 Å². The Kier molecular flexibility index (Phi) is 5.72. The fraction of sp³-hybridized carbons (Fsp3) is 0.391. The van der Waals surface area contributed by atoms with Gasteiger partial charge in [0, 0.05) is 49.5 Å². The molecule has 5 nitrogen and oxygen atoms in total. The Bertz CT molecular complexity index is 901. The summed E-state index contributed by atoms with van der Waals surface area (Å²) < 4.78 is 7.59. The lowest BCUT2D eigenvalue weighted by molar-refractivity contribution is 0.190. The molecular formula is C23H27N3O2. The van der Waals surface area contributed by atoms with Gasteiger partial charge in [0.15, 0.2) is 0 Å². The molecule has 28 heavy (non-hydrogen) atoms. The molecule has 1 aliphatic rings. The zero-order valence-electron chi connectivity index (χ0n) is 16.3. The smallest absolute Gasteiger partial charge is 0.213 e. The Labute approximate surface area is 166 Å². The lowest BCUT2D eigenvalue weighted by Gasteiger charge is -2.21. The summed E-state index contributed by atoms with van der Waals surface area (Å²) in [6, 6.07) is 12.7. The zero-order chi connectivity index (χ0) is 19.3. The van der Waals surface area contributed by atoms with E-state index in [0.717, 1.165) is 49.3 Å². The number of pyridine rings is 1. The topological polar surface area (TPSA) is 60.2 Å². The first-order valence-corrected chi connectivity index (χ1v) is 10.1. The maximum absolute atomic E-state index is 9.40. The van der Waals surface area contributed by atoms with Crippen molar-refractivity contribution in [2.45, 2.75) is 39.2 Å². The van der Waals surface area contributed by atoms with Crippen LogP contribution in [-0.4, -0.2) is 32.9 Å². The molecule has 1 aromatic carbocycles. The van der Waals surface area contributed by atoms with Gasteiger partial charge in [-0.2, -0.15) is 0 Å². The molecule has 1 unspecified atom stereocenters. The van der Waals surface area contributed by atoms with Crippen LogP contribution in [0.25, 0.3) is 11.3 Å². The Morgan fingerprint density at radius 2 is 1.89 bits per heavy atom. The summed E-state index contributed by atoms with van der Waals surface area (Å²) in [5.41, 5.74) is 4.69. The molecule has 0 fully saturated rings. The number of fused-ring (bicyclic) bond motifs is 1. The largest absolute Gasteiger partial charge is 0.478 e. The average molecular weight is 377 g/mol. The maximum Gasteiger partial charge on any atom is 0.213 e. The van der Waals surface area contributed by atoms with Crippen molar-refractivity contribution in [3.05, 3.63) is 65.7 Å². The SMILES string of the molecule is CCOc1ccc(CCc2ccc(-c3cn4c(n3)CCC(CO)C4)cc2)cn1. The Hall–Kier alpha value is -2.66. The minimum absolute atomic E-state index is 0.255. The predicted molar refractivity (Wildman–Crippen MR) is 109 cm³/mol. The predicted octanol–water partition coefficient (Wildman–Crippen LogP) is 3.68. The summed E-state index contributed by atoms with van der Waals surface area (Å²) in [6.07, 6.45) is 7.92. The van der Waals surface area contributed by atoms with Gasteiger partial charge in [0.25, 0.3) is 0 Å². The van der Waals surface area contributed by atoms with Crippen molar-refractivity contribution in [1.29, 1.82) is 0 Å². The van der Waals surface area contributed by atoms with Gasteiger partial charge in [0.05, 0.1) is 12.3 Å². The number of benzene rings is 1. The number of aryl methyl sites for hydroxylation is 3. The molecule has 0 aliphatic carbocycles. The second kappa shape index (κ2) is 8.57. The molecule has 0 bridgehead atoms. The van der Waals surface area contributed by atoms with Crippen LogP contribution >= 0.6 is 0 Å². The molecule has 1 aliphatic heterocycles. The third-order valence-corrected chi connectivity index (χ3v) is 5.39. The summed E-state index contributed by atoms with van der Waals surface area (Å²) in [5.74, 6) is 2.17. The first-order valence-electron chi connectivity index (χ1n) is 10.1. The Morgan fingerprint density at radius 1 is 1.11 bits per heavy atom. The molecule has 0 saturated carbocycles. The van der Waals surface area contributed by atoms with Crippen LogP contribution in [0.1, 0.15) is 30.3 Å². The van der Waals surface area contributed by atoms with Gasteiger partial charge in [0.1, 0.15) is 5.82 Å². The third-order valence-electron chi connectivity index (χ3n) is 5.39. The van der Waals surface area contributed by atoms with Gasteiger partial charge < -0.3 is 14.4 Å². The Morgan fingerprint density at radius 3 is 2.61 bits per heavy atom. The lowest BCUT2D eigenvalue weighted by atomic mass is 10.0. The van der Waals surface area contributed by atoms with Gasteiger partial charge in [-0.3, -0.25) is 0 Å². The van der Waals surface area contributed by atoms with Gasteiger partial charge in [-0.25, -0.2) is 9.97 Å². The fourth-order valence-corrected chi connectivity index (χ4v) is 3.73. The van der Waals surface area contributed by atoms with Crippen LogP contribution in [0, 0.1) is 5.92 Å². The van der Waals surface area contributed by atoms with Crippen LogP contribution in [-0.2, 0) is 25.8 Å². The number of imidazole rings is 1. The summed E-state index contributed by atoms with van der Waals surface area (Å²) in [4.78, 5) is 9.13. The molecule has 1 atom stereocenters. The molecule has 0 radical (unpaired) electrons. The molecule has 0 spiro atoms. The quantitative estimate of drug-likeness (QED) is 0.682. The fourth-order valence-electron chi connectivity index (χ4n) is 3.73. The summed E-state index contributed by atoms with van der Waals surface area (Å²) in [7, 11) is 0. The second-order valence-corrected chi connectivity index (χ2v) is 7.42. The van der Waals surface area contributed by atoms with Crippen LogP contribution in [0.4, 0.5) is 0 Å². The van der Waals surface area contributed by atoms with Crippen molar-refractivity contribution in [2.75, 3.05) is 13.2 Å². The minimum atomic E-state index is 0.255. The second-order valence-electron chi connectivity index (χ2n) is 7.42. The molecule has 4 rings (SSSR count). The monoisotopic (exact) mass is 377 g/mol. The molecular weight excluding hydrogens is 350 g/mol. The van der Waals surface area contributed by atoms with E-state index in [4.69, 9.17) is 9.72 Å². The highest BCUT2D eigenvalue weighted by Gasteiger charge is 2.20. The minimum Gasteiger partial charge on any atom is -0.478 e. The number of rotatable bonds is 7. The van der Waals surface area contributed by atoms with E-state index in [1.54, 1.807) is 0 Å². The van der Waals surface area contributed by atoms with Crippen molar-refractivity contribution < 1.29 is 9.84 Å². The number of aliphatic hydroxyl groups excluding tert-OH is 1. The van der Waals surface area contributed by atoms with Gasteiger partial charge in [-0.15, -0.1) is 0 Å². The maximum atomic E-state index is 9.40. The van der Waals surface area contributed by atoms with E-state index in [1.165, 1.54) is 11.1 Å². The summed E-state index contributed by atoms with van der Waals surface area (Å²) >= 11 is 0. The van der Waals surface area contributed by atoms with E-state index in [0.29, 0.717) is 18.4 Å². The average Bonchev–Trinajstić information content (AvgIpc) is 3.17. The van der Waals surface area contributed by atoms with Crippen LogP contribution in [0.2, 0.25) is 0 Å². The van der Waals surface area contributed by atoms with Crippen LogP contribution in [0.3, 0.4) is 0 Å². The number of hydrogen-bond donors (Lipinski definition) is 1. The van der Waals surface area contributed by atoms with Crippen molar-refractivity contribution in [2.24, 2.45) is 5.92 Å². The van der Waals surface area contributed by atoms with Gasteiger partial charge in [-0.1, -0.05) is 30.3 Å². The molecule has 146 valence electrons. The molecule has 3 aromatic rings. The highest BCUT2D eigenvalue weighted by atomic mass is 16.5. The van der Waals surface area contributed by atoms with E-state index in [1.807, 2.05) is 19.2 Å². The Balaban J connectivity index is 1.38. The van der Waals surface area contributed by atoms with Crippen molar-refractivity contribution in [3.63, 3.8) is 0 Å². The van der Waals surface area contributed by atoms with Crippen LogP contribution in [0.15, 0.2) is 48.8 Å².